The average molecular weight is 555 g/mol. The molecule has 0 atom stereocenters. The number of rotatable bonds is 5. The number of esters is 1. The molecule has 3 heterocycles. The van der Waals surface area contributed by atoms with Crippen LogP contribution in [0.2, 0.25) is 5.02 Å². The summed E-state index contributed by atoms with van der Waals surface area (Å²) >= 11 is 6.22. The van der Waals surface area contributed by atoms with Crippen molar-refractivity contribution in [3.05, 3.63) is 85.4 Å². The van der Waals surface area contributed by atoms with E-state index in [4.69, 9.17) is 16.3 Å². The number of nitrogens with one attached hydrogen (secondary N) is 2. The zero-order valence-electron chi connectivity index (χ0n) is 19.3. The van der Waals surface area contributed by atoms with Crippen LogP contribution in [0.1, 0.15) is 38.4 Å². The van der Waals surface area contributed by atoms with Crippen molar-refractivity contribution in [3.8, 4) is 0 Å². The van der Waals surface area contributed by atoms with Crippen molar-refractivity contribution in [2.24, 2.45) is 0 Å². The molecule has 0 bridgehead atoms. The van der Waals surface area contributed by atoms with Crippen molar-refractivity contribution < 1.29 is 14.3 Å². The van der Waals surface area contributed by atoms with Crippen molar-refractivity contribution in [1.82, 2.24) is 8.55 Å². The van der Waals surface area contributed by atoms with Crippen LogP contribution in [0.15, 0.2) is 41.2 Å². The molecular weight excluding hydrogens is 533 g/mol. The van der Waals surface area contributed by atoms with Gasteiger partial charge in [0.25, 0.3) is 0 Å². The summed E-state index contributed by atoms with van der Waals surface area (Å²) in [5.74, 6) is -0.722. The van der Waals surface area contributed by atoms with Gasteiger partial charge in [-0.1, -0.05) is 17.7 Å². The molecule has 2 N–H and O–H groups in total. The van der Waals surface area contributed by atoms with Gasteiger partial charge in [-0.15, -0.1) is 0 Å². The Labute approximate surface area is 212 Å². The number of nitrogens with zero attached hydrogens (tertiary/aromatic N) is 1. The zero-order chi connectivity index (χ0) is 24.9. The third-order valence-corrected chi connectivity index (χ3v) is 8.74. The number of anilines is 1. The second-order valence-electron chi connectivity index (χ2n) is 8.47. The molecule has 0 fully saturated rings. The Bertz CT molecular complexity index is 1610. The summed E-state index contributed by atoms with van der Waals surface area (Å²) in [7, 11) is 0. The number of halogens is 1. The van der Waals surface area contributed by atoms with Crippen molar-refractivity contribution in [1.29, 1.82) is 0 Å². The van der Waals surface area contributed by atoms with Gasteiger partial charge in [0.15, 0.2) is 0 Å². The Morgan fingerprint density at radius 2 is 1.97 bits per heavy atom. The van der Waals surface area contributed by atoms with Gasteiger partial charge >= 0.3 is 183 Å². The Morgan fingerprint density at radius 1 is 1.17 bits per heavy atom. The monoisotopic (exact) mass is 555 g/mol. The Morgan fingerprint density at radius 3 is 2.77 bits per heavy atom. The summed E-state index contributed by atoms with van der Waals surface area (Å²) in [5, 5.41) is 4.03. The molecule has 5 rings (SSSR count). The van der Waals surface area contributed by atoms with Gasteiger partial charge in [-0.2, -0.15) is 0 Å². The Balaban J connectivity index is 1.35. The van der Waals surface area contributed by atoms with Gasteiger partial charge in [-0.05, 0) is 12.1 Å². The first kappa shape index (κ1) is 23.4. The van der Waals surface area contributed by atoms with Crippen LogP contribution in [0.4, 0.5) is 5.69 Å². The number of ether oxygens (including phenoxy) is 1. The molecule has 4 aromatic rings. The molecule has 0 saturated heterocycles. The number of aromatic nitrogens is 2. The Kier molecular flexibility index (Phi) is 6.05. The second-order valence-corrected chi connectivity index (χ2v) is 11.1. The molecule has 9 heteroatoms. The molecule has 0 unspecified atom stereocenters. The molecule has 178 valence electrons. The van der Waals surface area contributed by atoms with E-state index in [1.54, 1.807) is 41.7 Å². The minimum atomic E-state index is -0.470. The quantitative estimate of drug-likeness (QED) is 0.218. The minimum absolute atomic E-state index is 0.0172. The molecule has 0 spiro atoms. The van der Waals surface area contributed by atoms with Gasteiger partial charge in [0.2, 0.25) is 0 Å². The number of carbonyl (C=O) groups excluding carboxylic acids is 2. The van der Waals surface area contributed by atoms with Crippen molar-refractivity contribution >= 4 is 65.2 Å². The predicted octanol–water partition coefficient (Wildman–Crippen LogP) is 4.31. The maximum absolute atomic E-state index is 12.9. The average Bonchev–Trinajstić information content (AvgIpc) is 3.40. The van der Waals surface area contributed by atoms with E-state index in [0.29, 0.717) is 50.9 Å². The van der Waals surface area contributed by atoms with Crippen LogP contribution in [0.3, 0.4) is 0 Å². The van der Waals surface area contributed by atoms with Crippen LogP contribution in [-0.2, 0) is 16.1 Å². The third kappa shape index (κ3) is 4.18. The van der Waals surface area contributed by atoms with Crippen molar-refractivity contribution in [2.75, 3.05) is 11.9 Å². The van der Waals surface area contributed by atoms with E-state index in [1.807, 2.05) is 25.1 Å². The summed E-state index contributed by atoms with van der Waals surface area (Å²) in [4.78, 5) is 41.3. The fourth-order valence-corrected chi connectivity index (χ4v) is 6.62. The first-order chi connectivity index (χ1) is 16.7. The molecule has 2 aromatic carbocycles. The first-order valence-electron chi connectivity index (χ1n) is 11.0. The standard InChI is InChI=1S/C26H22ClN3O4Se/c1-13-7-8-21-16(11-13)25(32)30(35-21)9-10-34-26(33)22-14(2)20(28-15(22)3)12-17-23-18(27)5-4-6-19(23)29-24(17)31/h4-8,11-12,28H,9-10H2,1-3H3,(H,29,31)/b17-12-. The van der Waals surface area contributed by atoms with Crippen LogP contribution in [-0.4, -0.2) is 41.8 Å². The molecular formula is C26H22ClN3O4Se. The maximum atomic E-state index is 12.9. The number of hydrogen-bond acceptors (Lipinski definition) is 4. The first-order valence-corrected chi connectivity index (χ1v) is 13.0. The van der Waals surface area contributed by atoms with Crippen LogP contribution < -0.4 is 10.9 Å². The Hall–Kier alpha value is -3.32. The molecule has 1 aliphatic rings. The van der Waals surface area contributed by atoms with E-state index in [0.717, 1.165) is 15.2 Å². The van der Waals surface area contributed by atoms with Gasteiger partial charge in [0.1, 0.15) is 0 Å². The number of benzene rings is 2. The predicted molar refractivity (Wildman–Crippen MR) is 138 cm³/mol. The van der Waals surface area contributed by atoms with Crippen molar-refractivity contribution in [3.63, 3.8) is 0 Å². The molecule has 7 nitrogen and oxygen atoms in total. The topological polar surface area (TPSA) is 93.2 Å². The van der Waals surface area contributed by atoms with E-state index in [2.05, 4.69) is 10.3 Å². The van der Waals surface area contributed by atoms with E-state index in [9.17, 15) is 14.4 Å². The molecule has 35 heavy (non-hydrogen) atoms. The summed E-state index contributed by atoms with van der Waals surface area (Å²) in [5.41, 5.74) is 5.14. The molecule has 1 amide bonds. The van der Waals surface area contributed by atoms with Crippen molar-refractivity contribution in [2.45, 2.75) is 27.3 Å². The van der Waals surface area contributed by atoms with Crippen LogP contribution in [0, 0.1) is 20.8 Å². The third-order valence-electron chi connectivity index (χ3n) is 6.07. The van der Waals surface area contributed by atoms with Crippen LogP contribution >= 0.6 is 11.6 Å². The normalized spacial score (nSPS) is 13.9. The summed E-state index contributed by atoms with van der Waals surface area (Å²) in [6.07, 6.45) is 1.71. The molecule has 0 saturated carbocycles. The van der Waals surface area contributed by atoms with Gasteiger partial charge in [-0.25, -0.2) is 0 Å². The number of amides is 1. The molecule has 1 aliphatic heterocycles. The molecule has 2 aromatic heterocycles. The number of H-pyrrole nitrogens is 1. The number of aromatic amines is 1. The molecule has 0 radical (unpaired) electrons. The van der Waals surface area contributed by atoms with E-state index >= 15 is 0 Å². The SMILES string of the molecule is Cc1ccc2[se]n(CCOC(=O)c3c(C)[nH]c(/C=C4\C(=O)Nc5cccc(Cl)c54)c3C)c(=O)c2c1. The van der Waals surface area contributed by atoms with Crippen LogP contribution in [0.5, 0.6) is 0 Å². The number of hydrogen-bond donors (Lipinski definition) is 2. The number of aryl methyl sites for hydroxylation is 2. The summed E-state index contributed by atoms with van der Waals surface area (Å²) in [6.45, 7) is 5.99. The van der Waals surface area contributed by atoms with Gasteiger partial charge in [0.05, 0.1) is 0 Å². The fraction of sp³-hybridized carbons (Fsp3) is 0.192. The van der Waals surface area contributed by atoms with Gasteiger partial charge in [-0.3, -0.25) is 0 Å². The fourth-order valence-electron chi connectivity index (χ4n) is 4.34. The van der Waals surface area contributed by atoms with Gasteiger partial charge in [0, 0.05) is 0 Å². The van der Waals surface area contributed by atoms with E-state index in [1.165, 1.54) is 0 Å². The molecule has 0 aliphatic carbocycles. The zero-order valence-corrected chi connectivity index (χ0v) is 21.8. The van der Waals surface area contributed by atoms with E-state index < -0.39 is 5.97 Å². The summed E-state index contributed by atoms with van der Waals surface area (Å²) in [6, 6.07) is 11.2. The second kappa shape index (κ2) is 9.04. The summed E-state index contributed by atoms with van der Waals surface area (Å²) < 4.78 is 8.33. The van der Waals surface area contributed by atoms with Crippen LogP contribution in [0.25, 0.3) is 21.3 Å². The van der Waals surface area contributed by atoms with Gasteiger partial charge < -0.3 is 0 Å². The van der Waals surface area contributed by atoms with E-state index in [-0.39, 0.29) is 32.8 Å². The number of carbonyl (C=O) groups is 2. The number of fused-ring (bicyclic) bond motifs is 2.